The standard InChI is InChI=1S/C14H13Cl3O3/c15-7-5-10(16)12(11(17)6-7)13(18)8-3-1-2-4-9(8)14(19)20/h1-2,5-6,8-9,13,18H,3-4H2,(H,19,20). The Labute approximate surface area is 131 Å². The topological polar surface area (TPSA) is 57.5 Å². The first-order valence-corrected chi connectivity index (χ1v) is 7.25. The van der Waals surface area contributed by atoms with Crippen molar-refractivity contribution in [3.63, 3.8) is 0 Å². The molecule has 1 aliphatic carbocycles. The van der Waals surface area contributed by atoms with E-state index in [0.29, 0.717) is 23.4 Å². The normalized spacial score (nSPS) is 23.6. The summed E-state index contributed by atoms with van der Waals surface area (Å²) in [5, 5.41) is 20.6. The molecule has 0 aromatic heterocycles. The molecule has 0 radical (unpaired) electrons. The zero-order chi connectivity index (χ0) is 14.9. The zero-order valence-corrected chi connectivity index (χ0v) is 12.7. The first-order valence-electron chi connectivity index (χ1n) is 6.12. The van der Waals surface area contributed by atoms with E-state index in [1.54, 1.807) is 0 Å². The summed E-state index contributed by atoms with van der Waals surface area (Å²) >= 11 is 18.0. The van der Waals surface area contributed by atoms with Gasteiger partial charge in [0, 0.05) is 26.5 Å². The number of aliphatic hydroxyl groups excluding tert-OH is 1. The van der Waals surface area contributed by atoms with Crippen LogP contribution in [0.15, 0.2) is 24.3 Å². The molecule has 0 spiro atoms. The van der Waals surface area contributed by atoms with E-state index in [9.17, 15) is 15.0 Å². The van der Waals surface area contributed by atoms with Crippen LogP contribution >= 0.6 is 34.8 Å². The Morgan fingerprint density at radius 1 is 1.15 bits per heavy atom. The van der Waals surface area contributed by atoms with Gasteiger partial charge in [0.2, 0.25) is 0 Å². The highest BCUT2D eigenvalue weighted by atomic mass is 35.5. The second kappa shape index (κ2) is 6.35. The van der Waals surface area contributed by atoms with Crippen molar-refractivity contribution >= 4 is 40.8 Å². The fourth-order valence-corrected chi connectivity index (χ4v) is 3.56. The van der Waals surface area contributed by atoms with Crippen molar-refractivity contribution in [3.05, 3.63) is 44.9 Å². The van der Waals surface area contributed by atoms with E-state index < -0.39 is 23.9 Å². The van der Waals surface area contributed by atoms with Gasteiger partial charge in [-0.05, 0) is 25.0 Å². The number of carbonyl (C=O) groups is 1. The molecule has 3 unspecified atom stereocenters. The number of hydrogen-bond acceptors (Lipinski definition) is 2. The predicted molar refractivity (Wildman–Crippen MR) is 79.4 cm³/mol. The van der Waals surface area contributed by atoms with E-state index in [4.69, 9.17) is 34.8 Å². The van der Waals surface area contributed by atoms with Crippen LogP contribution in [0.25, 0.3) is 0 Å². The Balaban J connectivity index is 2.37. The summed E-state index contributed by atoms with van der Waals surface area (Å²) < 4.78 is 0. The molecule has 6 heteroatoms. The monoisotopic (exact) mass is 334 g/mol. The van der Waals surface area contributed by atoms with Gasteiger partial charge >= 0.3 is 5.97 Å². The fraction of sp³-hybridized carbons (Fsp3) is 0.357. The maximum atomic E-state index is 11.3. The molecule has 3 nitrogen and oxygen atoms in total. The Morgan fingerprint density at radius 3 is 2.25 bits per heavy atom. The van der Waals surface area contributed by atoms with E-state index in [-0.39, 0.29) is 10.0 Å². The second-order valence-electron chi connectivity index (χ2n) is 4.78. The van der Waals surface area contributed by atoms with Crippen molar-refractivity contribution in [2.45, 2.75) is 18.9 Å². The van der Waals surface area contributed by atoms with Crippen molar-refractivity contribution in [1.82, 2.24) is 0 Å². The third kappa shape index (κ3) is 3.12. The van der Waals surface area contributed by atoms with E-state index in [0.717, 1.165) is 0 Å². The average Bonchev–Trinajstić information content (AvgIpc) is 2.37. The molecule has 2 N–H and O–H groups in total. The average molecular weight is 336 g/mol. The Hall–Kier alpha value is -0.740. The van der Waals surface area contributed by atoms with Gasteiger partial charge < -0.3 is 10.2 Å². The molecule has 1 aromatic rings. The lowest BCUT2D eigenvalue weighted by atomic mass is 9.77. The Morgan fingerprint density at radius 2 is 1.70 bits per heavy atom. The number of benzene rings is 1. The van der Waals surface area contributed by atoms with Crippen LogP contribution in [0.1, 0.15) is 24.5 Å². The number of carboxylic acid groups (broad SMARTS) is 1. The summed E-state index contributed by atoms with van der Waals surface area (Å²) in [5.74, 6) is -2.05. The summed E-state index contributed by atoms with van der Waals surface area (Å²) in [5.41, 5.74) is 0.337. The van der Waals surface area contributed by atoms with Crippen LogP contribution in [0.5, 0.6) is 0 Å². The van der Waals surface area contributed by atoms with Gasteiger partial charge in [0.05, 0.1) is 12.0 Å². The summed E-state index contributed by atoms with van der Waals surface area (Å²) in [6.45, 7) is 0. The molecule has 0 bridgehead atoms. The largest absolute Gasteiger partial charge is 0.481 e. The molecule has 108 valence electrons. The van der Waals surface area contributed by atoms with Gasteiger partial charge in [-0.15, -0.1) is 0 Å². The molecule has 0 aliphatic heterocycles. The molecular formula is C14H13Cl3O3. The molecule has 2 rings (SSSR count). The molecule has 0 heterocycles. The predicted octanol–water partition coefficient (Wildman–Crippen LogP) is 4.35. The third-order valence-electron chi connectivity index (χ3n) is 3.54. The number of aliphatic carboxylic acids is 1. The van der Waals surface area contributed by atoms with Crippen molar-refractivity contribution in [3.8, 4) is 0 Å². The first kappa shape index (κ1) is 15.6. The molecule has 20 heavy (non-hydrogen) atoms. The molecule has 0 amide bonds. The molecule has 0 saturated heterocycles. The number of hydrogen-bond donors (Lipinski definition) is 2. The highest BCUT2D eigenvalue weighted by molar-refractivity contribution is 6.39. The molecule has 1 aliphatic rings. The zero-order valence-electron chi connectivity index (χ0n) is 10.4. The SMILES string of the molecule is O=C(O)C1CC=CCC1C(O)c1c(Cl)cc(Cl)cc1Cl. The maximum Gasteiger partial charge on any atom is 0.307 e. The van der Waals surface area contributed by atoms with Crippen LogP contribution in [-0.2, 0) is 4.79 Å². The highest BCUT2D eigenvalue weighted by Gasteiger charge is 2.36. The first-order chi connectivity index (χ1) is 9.41. The van der Waals surface area contributed by atoms with Crippen molar-refractivity contribution in [1.29, 1.82) is 0 Å². The number of rotatable bonds is 3. The molecular weight excluding hydrogens is 323 g/mol. The van der Waals surface area contributed by atoms with Crippen LogP contribution in [0, 0.1) is 11.8 Å². The number of aliphatic hydroxyl groups is 1. The summed E-state index contributed by atoms with van der Waals surface area (Å²) in [6, 6.07) is 2.98. The lowest BCUT2D eigenvalue weighted by Crippen LogP contribution is -2.30. The van der Waals surface area contributed by atoms with Crippen LogP contribution < -0.4 is 0 Å². The number of allylic oxidation sites excluding steroid dienone is 2. The molecule has 0 fully saturated rings. The molecule has 0 saturated carbocycles. The van der Waals surface area contributed by atoms with E-state index in [2.05, 4.69) is 0 Å². The number of halogens is 3. The highest BCUT2D eigenvalue weighted by Crippen LogP contribution is 2.42. The lowest BCUT2D eigenvalue weighted by Gasteiger charge is -2.30. The molecule has 1 aromatic carbocycles. The quantitative estimate of drug-likeness (QED) is 0.808. The Bertz CT molecular complexity index is 534. The minimum atomic E-state index is -1.04. The van der Waals surface area contributed by atoms with Gasteiger partial charge in [-0.3, -0.25) is 4.79 Å². The third-order valence-corrected chi connectivity index (χ3v) is 4.39. The van der Waals surface area contributed by atoms with Gasteiger partial charge in [0.1, 0.15) is 0 Å². The summed E-state index contributed by atoms with van der Waals surface area (Å²) in [6.07, 6.45) is 3.49. The van der Waals surface area contributed by atoms with Gasteiger partial charge in [-0.1, -0.05) is 47.0 Å². The number of carboxylic acids is 1. The second-order valence-corrected chi connectivity index (χ2v) is 6.03. The minimum absolute atomic E-state index is 0.244. The van der Waals surface area contributed by atoms with Crippen LogP contribution in [0.4, 0.5) is 0 Å². The van der Waals surface area contributed by atoms with Crippen LogP contribution in [0.2, 0.25) is 15.1 Å². The van der Waals surface area contributed by atoms with Crippen molar-refractivity contribution < 1.29 is 15.0 Å². The van der Waals surface area contributed by atoms with Crippen LogP contribution in [0.3, 0.4) is 0 Å². The maximum absolute atomic E-state index is 11.3. The van der Waals surface area contributed by atoms with Gasteiger partial charge in [0.25, 0.3) is 0 Å². The van der Waals surface area contributed by atoms with E-state index in [1.165, 1.54) is 12.1 Å². The van der Waals surface area contributed by atoms with Gasteiger partial charge in [0.15, 0.2) is 0 Å². The van der Waals surface area contributed by atoms with E-state index in [1.807, 2.05) is 12.2 Å². The smallest absolute Gasteiger partial charge is 0.307 e. The van der Waals surface area contributed by atoms with Gasteiger partial charge in [-0.25, -0.2) is 0 Å². The van der Waals surface area contributed by atoms with Crippen molar-refractivity contribution in [2.24, 2.45) is 11.8 Å². The van der Waals surface area contributed by atoms with Crippen molar-refractivity contribution in [2.75, 3.05) is 0 Å². The summed E-state index contributed by atoms with van der Waals surface area (Å²) in [4.78, 5) is 11.3. The summed E-state index contributed by atoms with van der Waals surface area (Å²) in [7, 11) is 0. The molecule has 3 atom stereocenters. The van der Waals surface area contributed by atoms with E-state index >= 15 is 0 Å². The lowest BCUT2D eigenvalue weighted by molar-refractivity contribution is -0.145. The fourth-order valence-electron chi connectivity index (χ4n) is 2.52. The van der Waals surface area contributed by atoms with Crippen LogP contribution in [-0.4, -0.2) is 16.2 Å². The minimum Gasteiger partial charge on any atom is -0.481 e. The Kier molecular flexibility index (Phi) is 4.97. The van der Waals surface area contributed by atoms with Gasteiger partial charge in [-0.2, -0.15) is 0 Å².